The van der Waals surface area contributed by atoms with Gasteiger partial charge in [0.1, 0.15) is 5.75 Å². The summed E-state index contributed by atoms with van der Waals surface area (Å²) in [6.07, 6.45) is 4.78. The van der Waals surface area contributed by atoms with E-state index >= 15 is 0 Å². The van der Waals surface area contributed by atoms with Crippen molar-refractivity contribution in [2.75, 3.05) is 7.11 Å². The summed E-state index contributed by atoms with van der Waals surface area (Å²) in [4.78, 5) is 26.0. The number of benzene rings is 1. The van der Waals surface area contributed by atoms with E-state index in [0.717, 1.165) is 24.2 Å². The molecule has 0 atom stereocenters. The van der Waals surface area contributed by atoms with Crippen LogP contribution in [0.15, 0.2) is 24.3 Å². The van der Waals surface area contributed by atoms with Gasteiger partial charge < -0.3 is 14.7 Å². The van der Waals surface area contributed by atoms with E-state index in [1.165, 1.54) is 0 Å². The zero-order valence-electron chi connectivity index (χ0n) is 14.1. The summed E-state index contributed by atoms with van der Waals surface area (Å²) in [6.45, 7) is 0.631. The molecule has 1 N–H and O–H groups in total. The van der Waals surface area contributed by atoms with Gasteiger partial charge in [-0.1, -0.05) is 12.1 Å². The fourth-order valence-corrected chi connectivity index (χ4v) is 3.52. The summed E-state index contributed by atoms with van der Waals surface area (Å²) in [7, 11) is 1.64. The van der Waals surface area contributed by atoms with Gasteiger partial charge in [-0.15, -0.1) is 0 Å². The molecule has 0 aliphatic heterocycles. The molecule has 1 amide bonds. The fourth-order valence-electron chi connectivity index (χ4n) is 3.52. The molecule has 5 heteroatoms. The van der Waals surface area contributed by atoms with Crippen molar-refractivity contribution in [3.63, 3.8) is 0 Å². The maximum absolute atomic E-state index is 12.9. The van der Waals surface area contributed by atoms with Crippen molar-refractivity contribution in [3.8, 4) is 5.75 Å². The number of hydrogen-bond acceptors (Lipinski definition) is 3. The molecule has 2 aliphatic carbocycles. The smallest absolute Gasteiger partial charge is 0.306 e. The number of carbonyl (C=O) groups excluding carboxylic acids is 1. The fraction of sp³-hybridized carbons (Fsp3) is 0.579. The van der Waals surface area contributed by atoms with E-state index in [2.05, 4.69) is 0 Å². The van der Waals surface area contributed by atoms with Crippen molar-refractivity contribution >= 4 is 11.9 Å². The first-order valence-corrected chi connectivity index (χ1v) is 8.74. The van der Waals surface area contributed by atoms with Gasteiger partial charge in [0, 0.05) is 18.5 Å². The summed E-state index contributed by atoms with van der Waals surface area (Å²) in [6, 6.07) is 8.20. The van der Waals surface area contributed by atoms with Crippen molar-refractivity contribution < 1.29 is 19.4 Å². The minimum atomic E-state index is -0.724. The van der Waals surface area contributed by atoms with Crippen molar-refractivity contribution in [1.82, 2.24) is 4.90 Å². The third-order valence-electron chi connectivity index (χ3n) is 5.21. The molecule has 0 bridgehead atoms. The van der Waals surface area contributed by atoms with Gasteiger partial charge in [-0.05, 0) is 56.2 Å². The van der Waals surface area contributed by atoms with E-state index < -0.39 is 5.97 Å². The average molecular weight is 331 g/mol. The number of carboxylic acids is 1. The molecule has 1 aromatic rings. The summed E-state index contributed by atoms with van der Waals surface area (Å²) in [5.41, 5.74) is 1.11. The molecule has 2 fully saturated rings. The molecule has 0 saturated heterocycles. The molecule has 2 aliphatic rings. The Hall–Kier alpha value is -2.04. The van der Waals surface area contributed by atoms with E-state index in [1.807, 2.05) is 29.2 Å². The van der Waals surface area contributed by atoms with E-state index in [1.54, 1.807) is 7.11 Å². The van der Waals surface area contributed by atoms with Crippen molar-refractivity contribution in [1.29, 1.82) is 0 Å². The highest BCUT2D eigenvalue weighted by Crippen LogP contribution is 2.35. The van der Waals surface area contributed by atoms with Crippen molar-refractivity contribution in [2.45, 2.75) is 51.1 Å². The molecule has 130 valence electrons. The number of aliphatic carboxylic acids is 1. The normalized spacial score (nSPS) is 23.5. The van der Waals surface area contributed by atoms with Crippen LogP contribution in [0.1, 0.15) is 44.1 Å². The maximum Gasteiger partial charge on any atom is 0.306 e. The van der Waals surface area contributed by atoms with E-state index in [-0.39, 0.29) is 17.7 Å². The number of nitrogens with zero attached hydrogens (tertiary/aromatic N) is 1. The second kappa shape index (κ2) is 7.24. The minimum absolute atomic E-state index is 0.0144. The summed E-state index contributed by atoms with van der Waals surface area (Å²) < 4.78 is 5.18. The Morgan fingerprint density at radius 2 is 1.62 bits per heavy atom. The van der Waals surface area contributed by atoms with Crippen LogP contribution >= 0.6 is 0 Å². The monoisotopic (exact) mass is 331 g/mol. The first kappa shape index (κ1) is 16.8. The Bertz CT molecular complexity index is 586. The van der Waals surface area contributed by atoms with Gasteiger partial charge in [0.25, 0.3) is 0 Å². The van der Waals surface area contributed by atoms with E-state index in [0.29, 0.717) is 38.3 Å². The molecule has 0 radical (unpaired) electrons. The molecule has 2 saturated carbocycles. The van der Waals surface area contributed by atoms with Gasteiger partial charge in [-0.3, -0.25) is 9.59 Å². The highest BCUT2D eigenvalue weighted by atomic mass is 16.5. The van der Waals surface area contributed by atoms with Crippen LogP contribution in [0.4, 0.5) is 0 Å². The Morgan fingerprint density at radius 1 is 1.04 bits per heavy atom. The van der Waals surface area contributed by atoms with Gasteiger partial charge in [0.05, 0.1) is 13.0 Å². The number of carbonyl (C=O) groups is 2. The number of rotatable bonds is 6. The number of amides is 1. The number of hydrogen-bond donors (Lipinski definition) is 1. The molecule has 5 nitrogen and oxygen atoms in total. The predicted molar refractivity (Wildman–Crippen MR) is 89.6 cm³/mol. The number of ether oxygens (including phenoxy) is 1. The predicted octanol–water partition coefficient (Wildman–Crippen LogP) is 3.08. The first-order valence-electron chi connectivity index (χ1n) is 8.74. The zero-order chi connectivity index (χ0) is 17.1. The first-order chi connectivity index (χ1) is 11.6. The Kier molecular flexibility index (Phi) is 5.07. The Morgan fingerprint density at radius 3 is 2.12 bits per heavy atom. The van der Waals surface area contributed by atoms with Gasteiger partial charge in [-0.25, -0.2) is 0 Å². The van der Waals surface area contributed by atoms with Crippen LogP contribution in [0, 0.1) is 11.8 Å². The average Bonchev–Trinajstić information content (AvgIpc) is 3.44. The third kappa shape index (κ3) is 3.89. The lowest BCUT2D eigenvalue weighted by molar-refractivity contribution is -0.146. The third-order valence-corrected chi connectivity index (χ3v) is 5.21. The Labute approximate surface area is 142 Å². The lowest BCUT2D eigenvalue weighted by atomic mass is 9.81. The second-order valence-electron chi connectivity index (χ2n) is 6.93. The van der Waals surface area contributed by atoms with Crippen LogP contribution in [0.25, 0.3) is 0 Å². The summed E-state index contributed by atoms with van der Waals surface area (Å²) in [5, 5.41) is 9.10. The van der Waals surface area contributed by atoms with Crippen LogP contribution in [0.3, 0.4) is 0 Å². The van der Waals surface area contributed by atoms with E-state index in [9.17, 15) is 9.59 Å². The molecule has 24 heavy (non-hydrogen) atoms. The van der Waals surface area contributed by atoms with Gasteiger partial charge in [-0.2, -0.15) is 0 Å². The quantitative estimate of drug-likeness (QED) is 0.870. The zero-order valence-corrected chi connectivity index (χ0v) is 14.1. The summed E-state index contributed by atoms with van der Waals surface area (Å²) in [5.74, 6) is 0.00911. The number of carboxylic acid groups (broad SMARTS) is 1. The number of methoxy groups -OCH3 is 1. The van der Waals surface area contributed by atoms with Crippen molar-refractivity contribution in [3.05, 3.63) is 29.8 Å². The molecule has 0 unspecified atom stereocenters. The van der Waals surface area contributed by atoms with Gasteiger partial charge in [0.2, 0.25) is 5.91 Å². The highest BCUT2D eigenvalue weighted by molar-refractivity contribution is 5.80. The van der Waals surface area contributed by atoms with Gasteiger partial charge >= 0.3 is 5.97 Å². The lowest BCUT2D eigenvalue weighted by Crippen LogP contribution is -2.39. The Balaban J connectivity index is 1.62. The SMILES string of the molecule is COc1ccc(CN(C(=O)C2CCC(C(=O)O)CC2)C2CC2)cc1. The van der Waals surface area contributed by atoms with Crippen molar-refractivity contribution in [2.24, 2.45) is 11.8 Å². The van der Waals surface area contributed by atoms with Crippen LogP contribution in [-0.4, -0.2) is 35.0 Å². The molecular weight excluding hydrogens is 306 g/mol. The lowest BCUT2D eigenvalue weighted by Gasteiger charge is -2.31. The van der Waals surface area contributed by atoms with Crippen LogP contribution in [0.2, 0.25) is 0 Å². The van der Waals surface area contributed by atoms with E-state index in [4.69, 9.17) is 9.84 Å². The molecule has 0 heterocycles. The molecular formula is C19H25NO4. The molecule has 1 aromatic carbocycles. The van der Waals surface area contributed by atoms with Crippen LogP contribution < -0.4 is 4.74 Å². The largest absolute Gasteiger partial charge is 0.497 e. The second-order valence-corrected chi connectivity index (χ2v) is 6.93. The molecule has 0 aromatic heterocycles. The highest BCUT2D eigenvalue weighted by Gasteiger charge is 2.38. The summed E-state index contributed by atoms with van der Waals surface area (Å²) >= 11 is 0. The topological polar surface area (TPSA) is 66.8 Å². The molecule has 3 rings (SSSR count). The molecule has 0 spiro atoms. The maximum atomic E-state index is 12.9. The standard InChI is InChI=1S/C19H25NO4/c1-24-17-10-2-13(3-11-17)12-20(16-8-9-16)18(21)14-4-6-15(7-5-14)19(22)23/h2-3,10-11,14-16H,4-9,12H2,1H3,(H,22,23). The van der Waals surface area contributed by atoms with Gasteiger partial charge in [0.15, 0.2) is 0 Å². The van der Waals surface area contributed by atoms with Crippen LogP contribution in [0.5, 0.6) is 5.75 Å². The minimum Gasteiger partial charge on any atom is -0.497 e. The van der Waals surface area contributed by atoms with Crippen LogP contribution in [-0.2, 0) is 16.1 Å².